The molecule has 0 radical (unpaired) electrons. The molecule has 0 aliphatic heterocycles. The fourth-order valence-corrected chi connectivity index (χ4v) is 4.21. The van der Waals surface area contributed by atoms with Crippen LogP contribution in [0.25, 0.3) is 26.5 Å². The molecule has 0 aliphatic rings. The van der Waals surface area contributed by atoms with Gasteiger partial charge in [0.2, 0.25) is 0 Å². The second kappa shape index (κ2) is 8.19. The molecule has 4 rings (SSSR count). The molecule has 1 amide bonds. The zero-order valence-corrected chi connectivity index (χ0v) is 17.5. The standard InChI is InChI=1S/C18H19N7O2S.ClH/c1-10-13(5-12(19)7-21-10)15-16(11-6-22-24(9-11)3-4-27-2)28-18-14(17(20)26)8-23-25(15)18;/h5-9H,3-4,19H2,1-2H3,(H2,20,26);1H. The number of halogens is 1. The summed E-state index contributed by atoms with van der Waals surface area (Å²) in [7, 11) is 1.65. The number of nitrogens with two attached hydrogens (primary N) is 2. The molecule has 0 atom stereocenters. The van der Waals surface area contributed by atoms with Gasteiger partial charge in [-0.1, -0.05) is 0 Å². The molecule has 4 aromatic rings. The maximum absolute atomic E-state index is 11.8. The van der Waals surface area contributed by atoms with Gasteiger partial charge < -0.3 is 16.2 Å². The van der Waals surface area contributed by atoms with Crippen molar-refractivity contribution in [2.45, 2.75) is 13.5 Å². The summed E-state index contributed by atoms with van der Waals surface area (Å²) in [6.07, 6.45) is 6.82. The lowest BCUT2D eigenvalue weighted by molar-refractivity contribution is 0.100. The smallest absolute Gasteiger partial charge is 0.253 e. The van der Waals surface area contributed by atoms with Gasteiger partial charge in [-0.15, -0.1) is 23.7 Å². The second-order valence-electron chi connectivity index (χ2n) is 6.31. The Kier molecular flexibility index (Phi) is 5.87. The molecule has 4 aromatic heterocycles. The number of aromatic nitrogens is 5. The van der Waals surface area contributed by atoms with Crippen molar-refractivity contribution in [1.29, 1.82) is 0 Å². The Balaban J connectivity index is 0.00000240. The summed E-state index contributed by atoms with van der Waals surface area (Å²) < 4.78 is 8.64. The van der Waals surface area contributed by atoms with E-state index in [0.717, 1.165) is 27.4 Å². The van der Waals surface area contributed by atoms with E-state index in [4.69, 9.17) is 16.2 Å². The largest absolute Gasteiger partial charge is 0.397 e. The van der Waals surface area contributed by atoms with E-state index in [1.54, 1.807) is 24.0 Å². The number of methoxy groups -OCH3 is 1. The number of primary amides is 1. The third-order valence-electron chi connectivity index (χ3n) is 4.40. The third-order valence-corrected chi connectivity index (χ3v) is 5.62. The van der Waals surface area contributed by atoms with Crippen molar-refractivity contribution in [2.24, 2.45) is 5.73 Å². The Labute approximate surface area is 176 Å². The highest BCUT2D eigenvalue weighted by atomic mass is 35.5. The lowest BCUT2D eigenvalue weighted by Gasteiger charge is -2.07. The minimum Gasteiger partial charge on any atom is -0.397 e. The summed E-state index contributed by atoms with van der Waals surface area (Å²) in [5, 5.41) is 8.80. The van der Waals surface area contributed by atoms with Gasteiger partial charge in [0, 0.05) is 30.1 Å². The van der Waals surface area contributed by atoms with Crippen LogP contribution in [0.3, 0.4) is 0 Å². The number of nitrogen functional groups attached to an aromatic ring is 1. The number of carbonyl (C=O) groups excluding carboxylic acids is 1. The van der Waals surface area contributed by atoms with Crippen molar-refractivity contribution < 1.29 is 9.53 Å². The molecule has 0 fully saturated rings. The van der Waals surface area contributed by atoms with Gasteiger partial charge in [0.1, 0.15) is 4.83 Å². The SMILES string of the molecule is COCCn1cc(-c2sc3c(C(N)=O)cnn3c2-c2cc(N)cnc2C)cn1.Cl. The van der Waals surface area contributed by atoms with Crippen LogP contribution >= 0.6 is 23.7 Å². The number of thiazole rings is 1. The average Bonchev–Trinajstić information content (AvgIpc) is 3.36. The second-order valence-corrected chi connectivity index (χ2v) is 7.30. The number of amides is 1. The Bertz CT molecular complexity index is 1180. The highest BCUT2D eigenvalue weighted by Gasteiger charge is 2.23. The van der Waals surface area contributed by atoms with Crippen molar-refractivity contribution in [3.05, 3.63) is 42.1 Å². The maximum Gasteiger partial charge on any atom is 0.253 e. The number of aryl methyl sites for hydroxylation is 1. The number of hydrogen-bond donors (Lipinski definition) is 2. The van der Waals surface area contributed by atoms with Crippen molar-refractivity contribution in [3.8, 4) is 21.7 Å². The Morgan fingerprint density at radius 1 is 1.28 bits per heavy atom. The number of hydrogen-bond acceptors (Lipinski definition) is 7. The van der Waals surface area contributed by atoms with Gasteiger partial charge in [-0.3, -0.25) is 14.5 Å². The summed E-state index contributed by atoms with van der Waals surface area (Å²) in [4.78, 5) is 17.8. The third kappa shape index (κ3) is 3.69. The highest BCUT2D eigenvalue weighted by molar-refractivity contribution is 7.21. The normalized spacial score (nSPS) is 11.0. The van der Waals surface area contributed by atoms with Crippen LogP contribution in [0.5, 0.6) is 0 Å². The fraction of sp³-hybridized carbons (Fsp3) is 0.222. The van der Waals surface area contributed by atoms with E-state index in [0.29, 0.717) is 29.2 Å². The number of pyridine rings is 1. The number of nitrogens with zero attached hydrogens (tertiary/aromatic N) is 5. The lowest BCUT2D eigenvalue weighted by Crippen LogP contribution is -2.09. The molecule has 0 bridgehead atoms. The van der Waals surface area contributed by atoms with Gasteiger partial charge >= 0.3 is 0 Å². The molecule has 0 aliphatic carbocycles. The number of fused-ring (bicyclic) bond motifs is 1. The van der Waals surface area contributed by atoms with E-state index in [9.17, 15) is 4.79 Å². The summed E-state index contributed by atoms with van der Waals surface area (Å²) in [6.45, 7) is 3.11. The first-order valence-electron chi connectivity index (χ1n) is 8.54. The first-order chi connectivity index (χ1) is 13.5. The zero-order chi connectivity index (χ0) is 19.8. The average molecular weight is 434 g/mol. The molecular formula is C18H20ClN7O2S. The van der Waals surface area contributed by atoms with Gasteiger partial charge in [0.25, 0.3) is 5.91 Å². The molecule has 9 nitrogen and oxygen atoms in total. The molecule has 0 unspecified atom stereocenters. The Hall–Kier alpha value is -2.95. The molecular weight excluding hydrogens is 414 g/mol. The van der Waals surface area contributed by atoms with E-state index < -0.39 is 5.91 Å². The Morgan fingerprint density at radius 3 is 2.79 bits per heavy atom. The van der Waals surface area contributed by atoms with Crippen LogP contribution < -0.4 is 11.5 Å². The van der Waals surface area contributed by atoms with E-state index in [2.05, 4.69) is 15.2 Å². The summed E-state index contributed by atoms with van der Waals surface area (Å²) >= 11 is 1.43. The molecule has 152 valence electrons. The maximum atomic E-state index is 11.8. The molecule has 0 spiro atoms. The number of anilines is 1. The predicted octanol–water partition coefficient (Wildman–Crippen LogP) is 2.38. The monoisotopic (exact) mass is 433 g/mol. The molecule has 4 N–H and O–H groups in total. The van der Waals surface area contributed by atoms with Gasteiger partial charge in [0.05, 0.1) is 53.6 Å². The zero-order valence-electron chi connectivity index (χ0n) is 15.8. The van der Waals surface area contributed by atoms with Crippen LogP contribution in [0.2, 0.25) is 0 Å². The number of ether oxygens (including phenoxy) is 1. The van der Waals surface area contributed by atoms with Crippen LogP contribution in [0.1, 0.15) is 16.1 Å². The Morgan fingerprint density at radius 2 is 2.07 bits per heavy atom. The first kappa shape index (κ1) is 20.8. The quantitative estimate of drug-likeness (QED) is 0.480. The summed E-state index contributed by atoms with van der Waals surface area (Å²) in [5.74, 6) is -0.521. The van der Waals surface area contributed by atoms with Crippen molar-refractivity contribution in [1.82, 2.24) is 24.4 Å². The van der Waals surface area contributed by atoms with E-state index in [1.807, 2.05) is 23.9 Å². The van der Waals surface area contributed by atoms with E-state index in [-0.39, 0.29) is 12.4 Å². The van der Waals surface area contributed by atoms with Crippen molar-refractivity contribution >= 4 is 40.2 Å². The minimum absolute atomic E-state index is 0. The number of rotatable bonds is 6. The van der Waals surface area contributed by atoms with E-state index >= 15 is 0 Å². The van der Waals surface area contributed by atoms with Gasteiger partial charge in [-0.05, 0) is 13.0 Å². The van der Waals surface area contributed by atoms with Crippen LogP contribution in [0, 0.1) is 6.92 Å². The van der Waals surface area contributed by atoms with Gasteiger partial charge in [-0.25, -0.2) is 4.52 Å². The summed E-state index contributed by atoms with van der Waals surface area (Å²) in [5.41, 5.74) is 15.8. The minimum atomic E-state index is -0.521. The van der Waals surface area contributed by atoms with Crippen molar-refractivity contribution in [2.75, 3.05) is 19.5 Å². The molecule has 0 saturated carbocycles. The van der Waals surface area contributed by atoms with Crippen LogP contribution in [0.4, 0.5) is 5.69 Å². The van der Waals surface area contributed by atoms with Crippen molar-refractivity contribution in [3.63, 3.8) is 0 Å². The lowest BCUT2D eigenvalue weighted by atomic mass is 10.1. The van der Waals surface area contributed by atoms with Crippen LogP contribution in [-0.4, -0.2) is 44.0 Å². The molecule has 11 heteroatoms. The van der Waals surface area contributed by atoms with Gasteiger partial charge in [0.15, 0.2) is 0 Å². The first-order valence-corrected chi connectivity index (χ1v) is 9.36. The van der Waals surface area contributed by atoms with Crippen LogP contribution in [0.15, 0.2) is 30.9 Å². The van der Waals surface area contributed by atoms with Crippen LogP contribution in [-0.2, 0) is 11.3 Å². The molecule has 0 aromatic carbocycles. The topological polar surface area (TPSA) is 126 Å². The highest BCUT2D eigenvalue weighted by Crippen LogP contribution is 2.41. The fourth-order valence-electron chi connectivity index (χ4n) is 3.01. The van der Waals surface area contributed by atoms with E-state index in [1.165, 1.54) is 17.5 Å². The predicted molar refractivity (Wildman–Crippen MR) is 114 cm³/mol. The molecule has 29 heavy (non-hydrogen) atoms. The number of carbonyl (C=O) groups is 1. The van der Waals surface area contributed by atoms with Gasteiger partial charge in [-0.2, -0.15) is 10.2 Å². The summed E-state index contributed by atoms with van der Waals surface area (Å²) in [6, 6.07) is 1.86. The molecule has 0 saturated heterocycles. The molecule has 4 heterocycles.